The van der Waals surface area contributed by atoms with Gasteiger partial charge in [0, 0.05) is 32.4 Å². The molecule has 21 heavy (non-hydrogen) atoms. The number of carbonyl (C=O) groups excluding carboxylic acids is 1. The van der Waals surface area contributed by atoms with E-state index in [-0.39, 0.29) is 5.91 Å². The quantitative estimate of drug-likeness (QED) is 0.330. The lowest BCUT2D eigenvalue weighted by Gasteiger charge is -2.11. The number of halogens is 6. The van der Waals surface area contributed by atoms with Crippen molar-refractivity contribution in [3.05, 3.63) is 56.7 Å². The Morgan fingerprint density at radius 3 is 1.71 bits per heavy atom. The van der Waals surface area contributed by atoms with Gasteiger partial charge in [-0.25, -0.2) is 0 Å². The van der Waals surface area contributed by atoms with Crippen LogP contribution in [0.4, 0.5) is 5.69 Å². The smallest absolute Gasteiger partial charge is 0.255 e. The maximum Gasteiger partial charge on any atom is 0.255 e. The van der Waals surface area contributed by atoms with Gasteiger partial charge in [-0.1, -0.05) is 15.9 Å². The Hall–Kier alpha value is 0.790. The van der Waals surface area contributed by atoms with Gasteiger partial charge >= 0.3 is 0 Å². The molecule has 2 rings (SSSR count). The molecule has 0 aliphatic rings. The van der Waals surface area contributed by atoms with Crippen molar-refractivity contribution >= 4 is 107 Å². The summed E-state index contributed by atoms with van der Waals surface area (Å²) >= 11 is 20.5. The molecule has 0 saturated heterocycles. The summed E-state index contributed by atoms with van der Waals surface area (Å²) in [6, 6.07) is 7.25. The van der Waals surface area contributed by atoms with Crippen molar-refractivity contribution < 1.29 is 4.79 Å². The van der Waals surface area contributed by atoms with Gasteiger partial charge in [-0.3, -0.25) is 4.79 Å². The third kappa shape index (κ3) is 4.41. The average molecular weight is 671 g/mol. The summed E-state index contributed by atoms with van der Waals surface area (Å²) in [6.45, 7) is 0. The van der Waals surface area contributed by atoms with Gasteiger partial charge < -0.3 is 5.32 Å². The van der Waals surface area contributed by atoms with Crippen molar-refractivity contribution in [2.75, 3.05) is 5.32 Å². The molecule has 1 amide bonds. The van der Waals surface area contributed by atoms with Crippen LogP contribution < -0.4 is 5.32 Å². The minimum Gasteiger partial charge on any atom is -0.320 e. The van der Waals surface area contributed by atoms with Crippen LogP contribution in [0.1, 0.15) is 10.4 Å². The van der Waals surface area contributed by atoms with Crippen molar-refractivity contribution in [1.29, 1.82) is 0 Å². The predicted octanol–water partition coefficient (Wildman–Crippen LogP) is 7.51. The number of benzene rings is 2. The molecule has 0 bridgehead atoms. The highest BCUT2D eigenvalue weighted by Gasteiger charge is 2.14. The molecule has 0 spiro atoms. The first kappa shape index (κ1) is 18.1. The number of amides is 1. The second-order valence-corrected chi connectivity index (χ2v) is 9.08. The van der Waals surface area contributed by atoms with Crippen molar-refractivity contribution in [3.8, 4) is 0 Å². The van der Waals surface area contributed by atoms with Gasteiger partial charge in [-0.2, -0.15) is 0 Å². The molecule has 0 saturated carbocycles. The molecule has 1 N–H and O–H groups in total. The Morgan fingerprint density at radius 2 is 1.24 bits per heavy atom. The van der Waals surface area contributed by atoms with E-state index in [1.54, 1.807) is 12.1 Å². The molecule has 0 heterocycles. The second-order valence-electron chi connectivity index (χ2n) is 3.95. The molecule has 2 aromatic carbocycles. The van der Waals surface area contributed by atoms with Gasteiger partial charge in [-0.15, -0.1) is 0 Å². The molecule has 110 valence electrons. The molecule has 2 aromatic rings. The zero-order valence-electron chi connectivity index (χ0n) is 9.99. The molecule has 2 nitrogen and oxygen atoms in total. The third-order valence-electron chi connectivity index (χ3n) is 2.49. The highest BCUT2D eigenvalue weighted by atomic mass is 79.9. The normalized spacial score (nSPS) is 10.6. The molecular formula is C13H5Br6NO. The summed E-state index contributed by atoms with van der Waals surface area (Å²) < 4.78 is 4.95. The van der Waals surface area contributed by atoms with Gasteiger partial charge in [0.25, 0.3) is 5.91 Å². The molecule has 0 aliphatic heterocycles. The minimum absolute atomic E-state index is 0.201. The first-order valence-corrected chi connectivity index (χ1v) is 10.2. The Labute approximate surface area is 172 Å². The van der Waals surface area contributed by atoms with E-state index in [0.717, 1.165) is 26.8 Å². The van der Waals surface area contributed by atoms with Crippen LogP contribution in [0.3, 0.4) is 0 Å². The number of rotatable bonds is 2. The summed E-state index contributed by atoms with van der Waals surface area (Å²) in [5.74, 6) is -0.201. The van der Waals surface area contributed by atoms with Crippen LogP contribution in [0.2, 0.25) is 0 Å². The van der Waals surface area contributed by atoms with Gasteiger partial charge in [0.2, 0.25) is 0 Å². The Kier molecular flexibility index (Phi) is 6.54. The number of carbonyl (C=O) groups is 1. The van der Waals surface area contributed by atoms with Crippen LogP contribution in [0.25, 0.3) is 0 Å². The van der Waals surface area contributed by atoms with Gasteiger partial charge in [0.1, 0.15) is 0 Å². The fraction of sp³-hybridized carbons (Fsp3) is 0. The van der Waals surface area contributed by atoms with Crippen molar-refractivity contribution in [3.63, 3.8) is 0 Å². The van der Waals surface area contributed by atoms with E-state index in [0.29, 0.717) is 11.3 Å². The van der Waals surface area contributed by atoms with Crippen LogP contribution in [0.5, 0.6) is 0 Å². The van der Waals surface area contributed by atoms with Crippen molar-refractivity contribution in [1.82, 2.24) is 0 Å². The molecule has 8 heteroatoms. The Balaban J connectivity index is 2.35. The van der Waals surface area contributed by atoms with E-state index in [1.165, 1.54) is 0 Å². The topological polar surface area (TPSA) is 29.1 Å². The highest BCUT2D eigenvalue weighted by molar-refractivity contribution is 9.14. The standard InChI is InChI=1S/C13H5Br6NO/c14-6-3-9(17)12(10(18)4-6)20-13(21)5-1-7(15)11(19)8(16)2-5/h1-4H,(H,20,21). The molecular weight excluding hydrogens is 666 g/mol. The number of nitrogens with one attached hydrogen (secondary N) is 1. The lowest BCUT2D eigenvalue weighted by Crippen LogP contribution is -2.13. The molecule has 0 fully saturated rings. The monoisotopic (exact) mass is 665 g/mol. The maximum atomic E-state index is 12.4. The lowest BCUT2D eigenvalue weighted by atomic mass is 10.2. The second kappa shape index (κ2) is 7.57. The zero-order valence-corrected chi connectivity index (χ0v) is 19.5. The summed E-state index contributed by atoms with van der Waals surface area (Å²) in [4.78, 5) is 12.4. The van der Waals surface area contributed by atoms with E-state index in [4.69, 9.17) is 0 Å². The first-order chi connectivity index (χ1) is 9.79. The largest absolute Gasteiger partial charge is 0.320 e. The van der Waals surface area contributed by atoms with Crippen molar-refractivity contribution in [2.45, 2.75) is 0 Å². The van der Waals surface area contributed by atoms with E-state index in [1.807, 2.05) is 12.1 Å². The highest BCUT2D eigenvalue weighted by Crippen LogP contribution is 2.36. The van der Waals surface area contributed by atoms with E-state index in [9.17, 15) is 4.79 Å². The predicted molar refractivity (Wildman–Crippen MR) is 107 cm³/mol. The van der Waals surface area contributed by atoms with Gasteiger partial charge in [-0.05, 0) is 104 Å². The number of anilines is 1. The molecule has 0 atom stereocenters. The summed E-state index contributed by atoms with van der Waals surface area (Å²) in [6.07, 6.45) is 0. The van der Waals surface area contributed by atoms with Crippen molar-refractivity contribution in [2.24, 2.45) is 0 Å². The van der Waals surface area contributed by atoms with Crippen LogP contribution in [0.15, 0.2) is 51.1 Å². The summed E-state index contributed by atoms with van der Waals surface area (Å²) in [5, 5.41) is 2.89. The Bertz CT molecular complexity index is 685. The van der Waals surface area contributed by atoms with Crippen LogP contribution in [0, 0.1) is 0 Å². The van der Waals surface area contributed by atoms with Crippen LogP contribution in [-0.2, 0) is 0 Å². The van der Waals surface area contributed by atoms with Gasteiger partial charge in [0.15, 0.2) is 0 Å². The number of hydrogen-bond acceptors (Lipinski definition) is 1. The first-order valence-electron chi connectivity index (χ1n) is 5.40. The van der Waals surface area contributed by atoms with Gasteiger partial charge in [0.05, 0.1) is 5.69 Å². The Morgan fingerprint density at radius 1 is 0.762 bits per heavy atom. The third-order valence-corrected chi connectivity index (χ3v) is 7.37. The SMILES string of the molecule is O=C(Nc1c(Br)cc(Br)cc1Br)c1cc(Br)c(Br)c(Br)c1. The lowest BCUT2D eigenvalue weighted by molar-refractivity contribution is 0.102. The average Bonchev–Trinajstić information content (AvgIpc) is 2.39. The molecule has 0 aliphatic carbocycles. The summed E-state index contributed by atoms with van der Waals surface area (Å²) in [5.41, 5.74) is 1.22. The maximum absolute atomic E-state index is 12.4. The molecule has 0 aromatic heterocycles. The molecule has 0 unspecified atom stereocenters. The number of hydrogen-bond donors (Lipinski definition) is 1. The van der Waals surface area contributed by atoms with E-state index < -0.39 is 0 Å². The summed E-state index contributed by atoms with van der Waals surface area (Å²) in [7, 11) is 0. The fourth-order valence-electron chi connectivity index (χ4n) is 1.53. The minimum atomic E-state index is -0.201. The van der Waals surface area contributed by atoms with E-state index >= 15 is 0 Å². The zero-order chi connectivity index (χ0) is 15.7. The fourth-order valence-corrected chi connectivity index (χ4v) is 5.41. The molecule has 0 radical (unpaired) electrons. The van der Waals surface area contributed by atoms with E-state index in [2.05, 4.69) is 101 Å². The van der Waals surface area contributed by atoms with Crippen LogP contribution in [-0.4, -0.2) is 5.91 Å². The van der Waals surface area contributed by atoms with Crippen LogP contribution >= 0.6 is 95.6 Å².